The van der Waals surface area contributed by atoms with Gasteiger partial charge in [-0.15, -0.1) is 5.10 Å². The van der Waals surface area contributed by atoms with Gasteiger partial charge in [-0.25, -0.2) is 4.68 Å². The maximum absolute atomic E-state index is 5.60. The SMILES string of the molecule is c1ccc2nn(CCOCCOCCn3nnc4ccccc43)nc2c1. The van der Waals surface area contributed by atoms with Crippen molar-refractivity contribution in [3.63, 3.8) is 0 Å². The van der Waals surface area contributed by atoms with Gasteiger partial charge in [0.1, 0.15) is 16.6 Å². The first-order valence-electron chi connectivity index (χ1n) is 8.64. The molecule has 8 heteroatoms. The zero-order chi connectivity index (χ0) is 17.6. The lowest BCUT2D eigenvalue weighted by Gasteiger charge is -2.06. The third kappa shape index (κ3) is 3.87. The molecule has 0 atom stereocenters. The summed E-state index contributed by atoms with van der Waals surface area (Å²) in [7, 11) is 0. The van der Waals surface area contributed by atoms with E-state index in [9.17, 15) is 0 Å². The molecule has 0 spiro atoms. The number of fused-ring (bicyclic) bond motifs is 2. The Morgan fingerprint density at radius 2 is 1.31 bits per heavy atom. The lowest BCUT2D eigenvalue weighted by atomic mass is 10.3. The topological polar surface area (TPSA) is 79.9 Å². The van der Waals surface area contributed by atoms with E-state index in [-0.39, 0.29) is 0 Å². The van der Waals surface area contributed by atoms with Crippen molar-refractivity contribution in [1.29, 1.82) is 0 Å². The number of benzene rings is 2. The molecule has 0 saturated carbocycles. The quantitative estimate of drug-likeness (QED) is 0.428. The lowest BCUT2D eigenvalue weighted by Crippen LogP contribution is -2.14. The van der Waals surface area contributed by atoms with Gasteiger partial charge in [-0.1, -0.05) is 29.5 Å². The van der Waals surface area contributed by atoms with Crippen LogP contribution < -0.4 is 0 Å². The molecule has 2 heterocycles. The second kappa shape index (κ2) is 8.03. The van der Waals surface area contributed by atoms with Gasteiger partial charge in [0.15, 0.2) is 0 Å². The van der Waals surface area contributed by atoms with E-state index in [1.165, 1.54) is 0 Å². The summed E-state index contributed by atoms with van der Waals surface area (Å²) >= 11 is 0. The highest BCUT2D eigenvalue weighted by Crippen LogP contribution is 2.09. The molecule has 0 aliphatic carbocycles. The maximum atomic E-state index is 5.60. The lowest BCUT2D eigenvalue weighted by molar-refractivity contribution is 0.0397. The number of rotatable bonds is 9. The molecule has 4 aromatic rings. The molecule has 0 saturated heterocycles. The monoisotopic (exact) mass is 352 g/mol. The average molecular weight is 352 g/mol. The van der Waals surface area contributed by atoms with E-state index in [0.29, 0.717) is 39.5 Å². The fraction of sp³-hybridized carbons (Fsp3) is 0.333. The van der Waals surface area contributed by atoms with Crippen molar-refractivity contribution in [2.75, 3.05) is 26.4 Å². The predicted molar refractivity (Wildman–Crippen MR) is 96.7 cm³/mol. The Balaban J connectivity index is 1.11. The highest BCUT2D eigenvalue weighted by molar-refractivity contribution is 5.74. The number of hydrogen-bond donors (Lipinski definition) is 0. The van der Waals surface area contributed by atoms with Gasteiger partial charge in [0, 0.05) is 0 Å². The van der Waals surface area contributed by atoms with Crippen molar-refractivity contribution in [3.05, 3.63) is 48.5 Å². The standard InChI is InChI=1S/C18H20N6O2/c1-2-6-16-15(5-1)20-24(21-16)10-12-26-14-13-25-11-9-23-18-8-4-3-7-17(18)19-22-23/h1-8H,9-14H2. The van der Waals surface area contributed by atoms with Crippen molar-refractivity contribution >= 4 is 22.1 Å². The van der Waals surface area contributed by atoms with E-state index in [1.807, 2.05) is 53.2 Å². The Kier molecular flexibility index (Phi) is 5.13. The molecule has 0 bridgehead atoms. The molecule has 0 aliphatic heterocycles. The minimum atomic E-state index is 0.541. The van der Waals surface area contributed by atoms with Crippen LogP contribution in [0.3, 0.4) is 0 Å². The van der Waals surface area contributed by atoms with Gasteiger partial charge in [-0.3, -0.25) is 0 Å². The third-order valence-corrected chi connectivity index (χ3v) is 4.00. The normalized spacial score (nSPS) is 11.5. The van der Waals surface area contributed by atoms with Crippen molar-refractivity contribution in [1.82, 2.24) is 30.0 Å². The summed E-state index contributed by atoms with van der Waals surface area (Å²) in [6.07, 6.45) is 0. The Hall–Kier alpha value is -2.84. The molecule has 2 aromatic heterocycles. The van der Waals surface area contributed by atoms with Crippen LogP contribution in [0.2, 0.25) is 0 Å². The van der Waals surface area contributed by atoms with Gasteiger partial charge < -0.3 is 9.47 Å². The summed E-state index contributed by atoms with van der Waals surface area (Å²) in [5, 5.41) is 17.0. The van der Waals surface area contributed by atoms with Crippen molar-refractivity contribution in [2.45, 2.75) is 13.1 Å². The second-order valence-electron chi connectivity index (χ2n) is 5.81. The Morgan fingerprint density at radius 3 is 2.04 bits per heavy atom. The first-order chi connectivity index (χ1) is 12.9. The van der Waals surface area contributed by atoms with E-state index in [0.717, 1.165) is 22.1 Å². The van der Waals surface area contributed by atoms with Gasteiger partial charge in [0.25, 0.3) is 0 Å². The first kappa shape index (κ1) is 16.6. The van der Waals surface area contributed by atoms with Crippen molar-refractivity contribution in [2.24, 2.45) is 0 Å². The van der Waals surface area contributed by atoms with Crippen LogP contribution in [0.4, 0.5) is 0 Å². The fourth-order valence-corrected chi connectivity index (χ4v) is 2.71. The highest BCUT2D eigenvalue weighted by atomic mass is 16.5. The maximum Gasteiger partial charge on any atom is 0.113 e. The molecule has 4 rings (SSSR count). The van der Waals surface area contributed by atoms with Gasteiger partial charge in [0.05, 0.1) is 45.0 Å². The van der Waals surface area contributed by atoms with E-state index in [4.69, 9.17) is 9.47 Å². The second-order valence-corrected chi connectivity index (χ2v) is 5.81. The van der Waals surface area contributed by atoms with Gasteiger partial charge in [0.2, 0.25) is 0 Å². The molecule has 0 fully saturated rings. The number of aromatic nitrogens is 6. The van der Waals surface area contributed by atoms with Crippen LogP contribution in [0.5, 0.6) is 0 Å². The Labute approximate surface area is 150 Å². The van der Waals surface area contributed by atoms with Gasteiger partial charge in [-0.05, 0) is 24.3 Å². The van der Waals surface area contributed by atoms with Gasteiger partial charge >= 0.3 is 0 Å². The Bertz CT molecular complexity index is 947. The molecular formula is C18H20N6O2. The van der Waals surface area contributed by atoms with Crippen LogP contribution in [0.1, 0.15) is 0 Å². The summed E-state index contributed by atoms with van der Waals surface area (Å²) in [5.41, 5.74) is 3.72. The van der Waals surface area contributed by atoms with Crippen LogP contribution in [0.25, 0.3) is 22.1 Å². The number of hydrogen-bond acceptors (Lipinski definition) is 6. The molecule has 0 amide bonds. The fourth-order valence-electron chi connectivity index (χ4n) is 2.71. The molecule has 2 aromatic carbocycles. The van der Waals surface area contributed by atoms with Crippen LogP contribution in [-0.4, -0.2) is 56.4 Å². The smallest absolute Gasteiger partial charge is 0.113 e. The zero-order valence-electron chi connectivity index (χ0n) is 14.4. The molecule has 0 unspecified atom stereocenters. The summed E-state index contributed by atoms with van der Waals surface area (Å²) in [4.78, 5) is 1.67. The first-order valence-corrected chi connectivity index (χ1v) is 8.64. The van der Waals surface area contributed by atoms with E-state index in [1.54, 1.807) is 4.80 Å². The highest BCUT2D eigenvalue weighted by Gasteiger charge is 2.03. The number of nitrogens with zero attached hydrogens (tertiary/aromatic N) is 6. The minimum absolute atomic E-state index is 0.541. The molecule has 8 nitrogen and oxygen atoms in total. The Morgan fingerprint density at radius 1 is 0.692 bits per heavy atom. The number of para-hydroxylation sites is 1. The van der Waals surface area contributed by atoms with Crippen molar-refractivity contribution in [3.8, 4) is 0 Å². The average Bonchev–Trinajstić information content (AvgIpc) is 3.27. The van der Waals surface area contributed by atoms with E-state index in [2.05, 4.69) is 20.5 Å². The van der Waals surface area contributed by atoms with E-state index < -0.39 is 0 Å². The molecule has 0 radical (unpaired) electrons. The molecule has 0 N–H and O–H groups in total. The van der Waals surface area contributed by atoms with E-state index >= 15 is 0 Å². The zero-order valence-corrected chi connectivity index (χ0v) is 14.4. The predicted octanol–water partition coefficient (Wildman–Crippen LogP) is 1.91. The molecule has 134 valence electrons. The summed E-state index contributed by atoms with van der Waals surface area (Å²) in [6.45, 7) is 3.50. The van der Waals surface area contributed by atoms with Crippen molar-refractivity contribution < 1.29 is 9.47 Å². The van der Waals surface area contributed by atoms with Crippen LogP contribution in [0.15, 0.2) is 48.5 Å². The summed E-state index contributed by atoms with van der Waals surface area (Å²) in [5.74, 6) is 0. The van der Waals surface area contributed by atoms with Crippen LogP contribution in [0, 0.1) is 0 Å². The van der Waals surface area contributed by atoms with Gasteiger partial charge in [-0.2, -0.15) is 15.0 Å². The third-order valence-electron chi connectivity index (χ3n) is 4.00. The van der Waals surface area contributed by atoms with Crippen LogP contribution in [-0.2, 0) is 22.6 Å². The van der Waals surface area contributed by atoms with Crippen LogP contribution >= 0.6 is 0 Å². The number of ether oxygens (including phenoxy) is 2. The summed E-state index contributed by atoms with van der Waals surface area (Å²) < 4.78 is 13.0. The largest absolute Gasteiger partial charge is 0.377 e. The minimum Gasteiger partial charge on any atom is -0.377 e. The molecule has 0 aliphatic rings. The summed E-state index contributed by atoms with van der Waals surface area (Å²) in [6, 6.07) is 15.7. The molecular weight excluding hydrogens is 332 g/mol. The molecule has 26 heavy (non-hydrogen) atoms.